The van der Waals surface area contributed by atoms with Crippen LogP contribution in [-0.4, -0.2) is 18.0 Å². The first-order valence-corrected chi connectivity index (χ1v) is 5.75. The van der Waals surface area contributed by atoms with Crippen molar-refractivity contribution in [3.05, 3.63) is 0 Å². The molecule has 1 fully saturated rings. The van der Waals surface area contributed by atoms with E-state index < -0.39 is 5.60 Å². The largest absolute Gasteiger partial charge is 0.368 e. The Morgan fingerprint density at radius 2 is 2.29 bits per heavy atom. The van der Waals surface area contributed by atoms with E-state index in [1.807, 2.05) is 6.92 Å². The summed E-state index contributed by atoms with van der Waals surface area (Å²) in [6.07, 6.45) is 4.92. The summed E-state index contributed by atoms with van der Waals surface area (Å²) >= 11 is 0. The molecule has 0 aromatic rings. The van der Waals surface area contributed by atoms with Crippen LogP contribution in [-0.2, 0) is 9.53 Å². The summed E-state index contributed by atoms with van der Waals surface area (Å²) in [5.41, 5.74) is -0.456. The van der Waals surface area contributed by atoms with Gasteiger partial charge in [-0.2, -0.15) is 0 Å². The van der Waals surface area contributed by atoms with Gasteiger partial charge in [-0.15, -0.1) is 0 Å². The van der Waals surface area contributed by atoms with Crippen molar-refractivity contribution >= 4 is 5.78 Å². The summed E-state index contributed by atoms with van der Waals surface area (Å²) in [4.78, 5) is 11.9. The molecule has 1 saturated heterocycles. The quantitative estimate of drug-likeness (QED) is 0.679. The Kier molecular flexibility index (Phi) is 4.11. The number of carbonyl (C=O) groups is 1. The zero-order valence-corrected chi connectivity index (χ0v) is 9.64. The molecule has 82 valence electrons. The second kappa shape index (κ2) is 4.92. The third-order valence-electron chi connectivity index (χ3n) is 3.12. The molecule has 14 heavy (non-hydrogen) atoms. The Hall–Kier alpha value is -0.370. The smallest absolute Gasteiger partial charge is 0.164 e. The van der Waals surface area contributed by atoms with Gasteiger partial charge in [-0.3, -0.25) is 4.79 Å². The number of ketones is 1. The molecule has 0 spiro atoms. The SMILES string of the molecule is CCCC(C)CC(=O)C1(C)CCCO1. The molecule has 1 aliphatic rings. The van der Waals surface area contributed by atoms with Crippen LogP contribution in [0.3, 0.4) is 0 Å². The summed E-state index contributed by atoms with van der Waals surface area (Å²) in [6, 6.07) is 0. The molecule has 1 heterocycles. The van der Waals surface area contributed by atoms with Crippen LogP contribution >= 0.6 is 0 Å². The fourth-order valence-corrected chi connectivity index (χ4v) is 2.13. The maximum absolute atomic E-state index is 11.9. The molecule has 0 N–H and O–H groups in total. The van der Waals surface area contributed by atoms with Crippen molar-refractivity contribution in [1.82, 2.24) is 0 Å². The molecule has 0 radical (unpaired) electrons. The molecule has 1 rings (SSSR count). The Morgan fingerprint density at radius 3 is 2.79 bits per heavy atom. The molecule has 0 aliphatic carbocycles. The highest BCUT2D eigenvalue weighted by Gasteiger charge is 2.37. The first kappa shape index (κ1) is 11.7. The van der Waals surface area contributed by atoms with Crippen molar-refractivity contribution in [2.24, 2.45) is 5.92 Å². The Balaban J connectivity index is 2.40. The lowest BCUT2D eigenvalue weighted by Gasteiger charge is -2.23. The van der Waals surface area contributed by atoms with Crippen LogP contribution in [0.5, 0.6) is 0 Å². The number of carbonyl (C=O) groups excluding carboxylic acids is 1. The molecule has 2 heteroatoms. The van der Waals surface area contributed by atoms with Gasteiger partial charge in [-0.05, 0) is 25.7 Å². The van der Waals surface area contributed by atoms with E-state index in [-0.39, 0.29) is 0 Å². The average molecular weight is 198 g/mol. The first-order chi connectivity index (χ1) is 6.58. The fourth-order valence-electron chi connectivity index (χ4n) is 2.13. The topological polar surface area (TPSA) is 26.3 Å². The second-order valence-corrected chi connectivity index (χ2v) is 4.70. The molecule has 0 saturated carbocycles. The summed E-state index contributed by atoms with van der Waals surface area (Å²) in [5, 5.41) is 0. The third-order valence-corrected chi connectivity index (χ3v) is 3.12. The van der Waals surface area contributed by atoms with E-state index in [2.05, 4.69) is 13.8 Å². The lowest BCUT2D eigenvalue weighted by Crippen LogP contribution is -2.35. The molecular weight excluding hydrogens is 176 g/mol. The molecule has 2 nitrogen and oxygen atoms in total. The van der Waals surface area contributed by atoms with Crippen molar-refractivity contribution < 1.29 is 9.53 Å². The van der Waals surface area contributed by atoms with Gasteiger partial charge < -0.3 is 4.74 Å². The summed E-state index contributed by atoms with van der Waals surface area (Å²) in [5.74, 6) is 0.810. The molecule has 1 aliphatic heterocycles. The Labute approximate surface area is 87.0 Å². The van der Waals surface area contributed by atoms with Gasteiger partial charge in [0.15, 0.2) is 5.78 Å². The van der Waals surface area contributed by atoms with Gasteiger partial charge in [0.2, 0.25) is 0 Å². The highest BCUT2D eigenvalue weighted by Crippen LogP contribution is 2.28. The maximum Gasteiger partial charge on any atom is 0.164 e. The van der Waals surface area contributed by atoms with Gasteiger partial charge in [0.05, 0.1) is 0 Å². The zero-order chi connectivity index (χ0) is 10.6. The number of hydrogen-bond donors (Lipinski definition) is 0. The lowest BCUT2D eigenvalue weighted by atomic mass is 9.89. The highest BCUT2D eigenvalue weighted by molar-refractivity contribution is 5.87. The Morgan fingerprint density at radius 1 is 1.57 bits per heavy atom. The van der Waals surface area contributed by atoms with E-state index in [9.17, 15) is 4.79 Å². The van der Waals surface area contributed by atoms with Crippen LogP contribution in [0.15, 0.2) is 0 Å². The number of hydrogen-bond acceptors (Lipinski definition) is 2. The minimum atomic E-state index is -0.456. The average Bonchev–Trinajstić information content (AvgIpc) is 2.54. The van der Waals surface area contributed by atoms with E-state index >= 15 is 0 Å². The maximum atomic E-state index is 11.9. The van der Waals surface area contributed by atoms with E-state index in [0.29, 0.717) is 18.1 Å². The molecule has 0 amide bonds. The predicted molar refractivity (Wildman–Crippen MR) is 57.3 cm³/mol. The predicted octanol–water partition coefficient (Wildman–Crippen LogP) is 2.95. The number of Topliss-reactive ketones (excluding diaryl/α,β-unsaturated/α-hetero) is 1. The van der Waals surface area contributed by atoms with Gasteiger partial charge in [0.25, 0.3) is 0 Å². The monoisotopic (exact) mass is 198 g/mol. The zero-order valence-electron chi connectivity index (χ0n) is 9.64. The van der Waals surface area contributed by atoms with E-state index in [1.165, 1.54) is 0 Å². The molecule has 2 unspecified atom stereocenters. The Bertz CT molecular complexity index is 192. The van der Waals surface area contributed by atoms with Crippen molar-refractivity contribution in [3.63, 3.8) is 0 Å². The first-order valence-electron chi connectivity index (χ1n) is 5.75. The van der Waals surface area contributed by atoms with E-state index in [0.717, 1.165) is 32.3 Å². The minimum Gasteiger partial charge on any atom is -0.368 e. The number of ether oxygens (including phenoxy) is 1. The summed E-state index contributed by atoms with van der Waals surface area (Å²) < 4.78 is 5.53. The van der Waals surface area contributed by atoms with Crippen molar-refractivity contribution in [3.8, 4) is 0 Å². The molecule has 0 aromatic heterocycles. The highest BCUT2D eigenvalue weighted by atomic mass is 16.5. The normalized spacial score (nSPS) is 29.1. The standard InChI is InChI=1S/C12H22O2/c1-4-6-10(2)9-11(13)12(3)7-5-8-14-12/h10H,4-9H2,1-3H3. The molecule has 2 atom stereocenters. The van der Waals surface area contributed by atoms with Gasteiger partial charge in [-0.1, -0.05) is 26.7 Å². The van der Waals surface area contributed by atoms with Gasteiger partial charge in [-0.25, -0.2) is 0 Å². The third kappa shape index (κ3) is 2.81. The summed E-state index contributed by atoms with van der Waals surface area (Å²) in [7, 11) is 0. The molecule has 0 bridgehead atoms. The van der Waals surface area contributed by atoms with Crippen LogP contribution < -0.4 is 0 Å². The fraction of sp³-hybridized carbons (Fsp3) is 0.917. The van der Waals surface area contributed by atoms with Crippen LogP contribution in [0.1, 0.15) is 52.9 Å². The van der Waals surface area contributed by atoms with Crippen LogP contribution in [0.4, 0.5) is 0 Å². The van der Waals surface area contributed by atoms with E-state index in [4.69, 9.17) is 4.74 Å². The second-order valence-electron chi connectivity index (χ2n) is 4.70. The van der Waals surface area contributed by atoms with Crippen molar-refractivity contribution in [1.29, 1.82) is 0 Å². The van der Waals surface area contributed by atoms with Gasteiger partial charge in [0.1, 0.15) is 5.60 Å². The van der Waals surface area contributed by atoms with Crippen LogP contribution in [0, 0.1) is 5.92 Å². The molecule has 0 aromatic carbocycles. The van der Waals surface area contributed by atoms with Crippen LogP contribution in [0.2, 0.25) is 0 Å². The molecular formula is C12H22O2. The van der Waals surface area contributed by atoms with Crippen LogP contribution in [0.25, 0.3) is 0 Å². The lowest BCUT2D eigenvalue weighted by molar-refractivity contribution is -0.138. The van der Waals surface area contributed by atoms with Crippen molar-refractivity contribution in [2.45, 2.75) is 58.5 Å². The minimum absolute atomic E-state index is 0.302. The van der Waals surface area contributed by atoms with Gasteiger partial charge >= 0.3 is 0 Å². The van der Waals surface area contributed by atoms with Crippen molar-refractivity contribution in [2.75, 3.05) is 6.61 Å². The van der Waals surface area contributed by atoms with Gasteiger partial charge in [0, 0.05) is 13.0 Å². The summed E-state index contributed by atoms with van der Waals surface area (Å²) in [6.45, 7) is 7.01. The van der Waals surface area contributed by atoms with E-state index in [1.54, 1.807) is 0 Å². The number of rotatable bonds is 5.